The zero-order chi connectivity index (χ0) is 21.8. The van der Waals surface area contributed by atoms with Gasteiger partial charge in [0.15, 0.2) is 0 Å². The van der Waals surface area contributed by atoms with Gasteiger partial charge in [-0.1, -0.05) is 18.2 Å². The van der Waals surface area contributed by atoms with Gasteiger partial charge in [-0.2, -0.15) is 0 Å². The van der Waals surface area contributed by atoms with Crippen LogP contribution in [0.1, 0.15) is 27.2 Å². The molecule has 7 atom stereocenters. The van der Waals surface area contributed by atoms with Crippen molar-refractivity contribution in [1.29, 1.82) is 0 Å². The lowest BCUT2D eigenvalue weighted by Gasteiger charge is -2.30. The first kappa shape index (κ1) is 20.8. The molecule has 0 aromatic carbocycles. The predicted molar refractivity (Wildman–Crippen MR) is 103 cm³/mol. The second kappa shape index (κ2) is 7.35. The summed E-state index contributed by atoms with van der Waals surface area (Å²) >= 11 is 0. The first-order chi connectivity index (χ1) is 14.1. The molecular weight excluding hydrogens is 392 g/mol. The van der Waals surface area contributed by atoms with Crippen LogP contribution in [0.4, 0.5) is 0 Å². The number of esters is 3. The Morgan fingerprint density at radius 1 is 1.37 bits per heavy atom. The number of rotatable bonds is 4. The van der Waals surface area contributed by atoms with E-state index in [4.69, 9.17) is 18.9 Å². The molecule has 0 aromatic heterocycles. The highest BCUT2D eigenvalue weighted by Gasteiger charge is 2.67. The fourth-order valence-electron chi connectivity index (χ4n) is 5.14. The van der Waals surface area contributed by atoms with Crippen molar-refractivity contribution in [3.05, 3.63) is 35.5 Å². The summed E-state index contributed by atoms with van der Waals surface area (Å²) in [5, 5.41) is 10.7. The average molecular weight is 418 g/mol. The molecule has 2 aliphatic heterocycles. The smallest absolute Gasteiger partial charge is 0.334 e. The van der Waals surface area contributed by atoms with Crippen LogP contribution >= 0.6 is 0 Å². The summed E-state index contributed by atoms with van der Waals surface area (Å²) in [6.07, 6.45) is 1.62. The highest BCUT2D eigenvalue weighted by Crippen LogP contribution is 2.58. The Hall–Kier alpha value is -2.45. The van der Waals surface area contributed by atoms with Crippen LogP contribution in [0, 0.1) is 17.8 Å². The van der Waals surface area contributed by atoms with E-state index in [-0.39, 0.29) is 29.6 Å². The number of carbonyl (C=O) groups excluding carboxylic acids is 3. The third-order valence-electron chi connectivity index (χ3n) is 6.66. The van der Waals surface area contributed by atoms with E-state index in [1.807, 2.05) is 6.92 Å². The molecule has 0 unspecified atom stereocenters. The zero-order valence-corrected chi connectivity index (χ0v) is 17.3. The van der Waals surface area contributed by atoms with Crippen LogP contribution in [-0.4, -0.2) is 60.1 Å². The summed E-state index contributed by atoms with van der Waals surface area (Å²) in [4.78, 5) is 35.9. The number of hydrogen-bond donors (Lipinski definition) is 1. The van der Waals surface area contributed by atoms with Crippen molar-refractivity contribution >= 4 is 17.9 Å². The molecule has 0 radical (unpaired) electrons. The summed E-state index contributed by atoms with van der Waals surface area (Å²) in [5.74, 6) is -2.54. The summed E-state index contributed by atoms with van der Waals surface area (Å²) in [7, 11) is 0. The lowest BCUT2D eigenvalue weighted by molar-refractivity contribution is -0.149. The third kappa shape index (κ3) is 3.37. The third-order valence-corrected chi connectivity index (χ3v) is 6.66. The van der Waals surface area contributed by atoms with Crippen LogP contribution in [0.3, 0.4) is 0 Å². The Morgan fingerprint density at radius 3 is 2.70 bits per heavy atom. The molecule has 0 bridgehead atoms. The molecule has 4 aliphatic rings. The van der Waals surface area contributed by atoms with Crippen molar-refractivity contribution in [2.24, 2.45) is 17.8 Å². The van der Waals surface area contributed by atoms with E-state index in [1.165, 1.54) is 13.0 Å². The molecule has 2 heterocycles. The molecule has 1 N–H and O–H groups in total. The summed E-state index contributed by atoms with van der Waals surface area (Å²) in [6.45, 7) is 9.07. The van der Waals surface area contributed by atoms with Gasteiger partial charge in [0.25, 0.3) is 0 Å². The van der Waals surface area contributed by atoms with Crippen molar-refractivity contribution in [3.8, 4) is 0 Å². The number of aliphatic hydroxyl groups is 1. The minimum Gasteiger partial charge on any atom is -0.462 e. The van der Waals surface area contributed by atoms with E-state index in [2.05, 4.69) is 6.58 Å². The lowest BCUT2D eigenvalue weighted by Crippen LogP contribution is -2.39. The molecule has 8 heteroatoms. The number of carbonyl (C=O) groups is 3. The van der Waals surface area contributed by atoms with Crippen molar-refractivity contribution < 1.29 is 38.4 Å². The first-order valence-corrected chi connectivity index (χ1v) is 10.1. The predicted octanol–water partition coefficient (Wildman–Crippen LogP) is 1.23. The minimum absolute atomic E-state index is 0.0331. The molecule has 1 spiro atoms. The maximum Gasteiger partial charge on any atom is 0.334 e. The van der Waals surface area contributed by atoms with Gasteiger partial charge in [-0.05, 0) is 19.9 Å². The van der Waals surface area contributed by atoms with Gasteiger partial charge in [0.2, 0.25) is 0 Å². The molecule has 1 saturated carbocycles. The van der Waals surface area contributed by atoms with Gasteiger partial charge in [-0.15, -0.1) is 0 Å². The van der Waals surface area contributed by atoms with Gasteiger partial charge >= 0.3 is 17.9 Å². The first-order valence-electron chi connectivity index (χ1n) is 10.1. The Kier molecular flexibility index (Phi) is 5.10. The number of hydrogen-bond acceptors (Lipinski definition) is 8. The number of fused-ring (bicyclic) bond motifs is 4. The SMILES string of the molecule is C=C1C(=O)O[C@@H]2[C@@H]3C(C)=C[C@H](O)[C@H]3[C@]3(CO3)C[C@@H](OC(=O)/C(C)=C/COC(C)=O)[C@@H]12. The van der Waals surface area contributed by atoms with Crippen molar-refractivity contribution in [2.45, 2.75) is 51.1 Å². The molecule has 0 aromatic rings. The zero-order valence-electron chi connectivity index (χ0n) is 17.3. The molecule has 3 fully saturated rings. The van der Waals surface area contributed by atoms with Crippen LogP contribution in [-0.2, 0) is 33.3 Å². The molecule has 2 aliphatic carbocycles. The van der Waals surface area contributed by atoms with E-state index >= 15 is 0 Å². The monoisotopic (exact) mass is 418 g/mol. The maximum atomic E-state index is 12.7. The van der Waals surface area contributed by atoms with E-state index in [9.17, 15) is 19.5 Å². The molecule has 30 heavy (non-hydrogen) atoms. The average Bonchev–Trinajstić information content (AvgIpc) is 3.30. The minimum atomic E-state index is -0.717. The van der Waals surface area contributed by atoms with Crippen molar-refractivity contribution in [2.75, 3.05) is 13.2 Å². The maximum absolute atomic E-state index is 12.7. The van der Waals surface area contributed by atoms with Gasteiger partial charge in [-0.3, -0.25) is 4.79 Å². The normalized spacial score (nSPS) is 39.6. The summed E-state index contributed by atoms with van der Waals surface area (Å²) in [6, 6.07) is 0. The van der Waals surface area contributed by atoms with Gasteiger partial charge in [-0.25, -0.2) is 9.59 Å². The highest BCUT2D eigenvalue weighted by atomic mass is 16.6. The van der Waals surface area contributed by atoms with Crippen LogP contribution in [0.2, 0.25) is 0 Å². The van der Waals surface area contributed by atoms with Gasteiger partial charge in [0, 0.05) is 36.3 Å². The summed E-state index contributed by atoms with van der Waals surface area (Å²) in [5.41, 5.74) is 0.861. The standard InChI is InChI=1S/C22H26O8/c1-10(5-6-27-13(4)23)20(25)29-15-8-22(9-28-22)18-14(24)7-11(2)16(18)19-17(15)12(3)21(26)30-19/h5,7,14-19,24H,3,6,8-9H2,1-2,4H3/b10-5+/t14-,15+,16+,17+,18+,19+,22+/m0/s1. The Balaban J connectivity index is 1.61. The molecule has 8 nitrogen and oxygen atoms in total. The molecular formula is C22H26O8. The topological polar surface area (TPSA) is 112 Å². The number of ether oxygens (including phenoxy) is 4. The quantitative estimate of drug-likeness (QED) is 0.239. The van der Waals surface area contributed by atoms with E-state index in [1.54, 1.807) is 13.0 Å². The number of aliphatic hydroxyl groups excluding tert-OH is 1. The van der Waals surface area contributed by atoms with Crippen LogP contribution in [0.5, 0.6) is 0 Å². The Labute approximate surface area is 174 Å². The lowest BCUT2D eigenvalue weighted by atomic mass is 9.77. The summed E-state index contributed by atoms with van der Waals surface area (Å²) < 4.78 is 22.1. The van der Waals surface area contributed by atoms with Crippen LogP contribution in [0.25, 0.3) is 0 Å². The van der Waals surface area contributed by atoms with Crippen LogP contribution in [0.15, 0.2) is 35.5 Å². The Morgan fingerprint density at radius 2 is 2.07 bits per heavy atom. The van der Waals surface area contributed by atoms with Gasteiger partial charge < -0.3 is 24.1 Å². The fraction of sp³-hybridized carbons (Fsp3) is 0.591. The van der Waals surface area contributed by atoms with Gasteiger partial charge in [0.05, 0.1) is 18.6 Å². The van der Waals surface area contributed by atoms with Gasteiger partial charge in [0.1, 0.15) is 24.4 Å². The van der Waals surface area contributed by atoms with E-state index < -0.39 is 47.7 Å². The molecule has 4 rings (SSSR count). The molecule has 0 amide bonds. The highest BCUT2D eigenvalue weighted by molar-refractivity contribution is 5.92. The largest absolute Gasteiger partial charge is 0.462 e. The fourth-order valence-corrected chi connectivity index (χ4v) is 5.14. The molecule has 162 valence electrons. The van der Waals surface area contributed by atoms with E-state index in [0.29, 0.717) is 13.0 Å². The second-order valence-corrected chi connectivity index (χ2v) is 8.56. The van der Waals surface area contributed by atoms with Crippen molar-refractivity contribution in [1.82, 2.24) is 0 Å². The molecule has 2 saturated heterocycles. The van der Waals surface area contributed by atoms with Crippen LogP contribution < -0.4 is 0 Å². The Bertz CT molecular complexity index is 864. The second-order valence-electron chi connectivity index (χ2n) is 8.56. The van der Waals surface area contributed by atoms with E-state index in [0.717, 1.165) is 5.57 Å². The number of epoxide rings is 1. The van der Waals surface area contributed by atoms with Crippen molar-refractivity contribution in [3.63, 3.8) is 0 Å².